The predicted octanol–water partition coefficient (Wildman–Crippen LogP) is 3.62. The molecule has 0 aliphatic heterocycles. The van der Waals surface area contributed by atoms with E-state index in [-0.39, 0.29) is 23.5 Å². The summed E-state index contributed by atoms with van der Waals surface area (Å²) in [5.41, 5.74) is 2.50. The molecule has 156 valence electrons. The van der Waals surface area contributed by atoms with Crippen molar-refractivity contribution < 1.29 is 19.4 Å². The highest BCUT2D eigenvalue weighted by molar-refractivity contribution is 7.98. The van der Waals surface area contributed by atoms with Crippen molar-refractivity contribution in [3.8, 4) is 17.2 Å². The lowest BCUT2D eigenvalue weighted by Crippen LogP contribution is -2.09. The van der Waals surface area contributed by atoms with E-state index in [9.17, 15) is 24.8 Å². The topological polar surface area (TPSA) is 120 Å². The number of carboxylic acids is 1. The Morgan fingerprint density at radius 3 is 2.58 bits per heavy atom. The summed E-state index contributed by atoms with van der Waals surface area (Å²) in [7, 11) is 1.33. The van der Waals surface area contributed by atoms with Gasteiger partial charge in [-0.25, -0.2) is 4.79 Å². The summed E-state index contributed by atoms with van der Waals surface area (Å²) in [6, 6.07) is 16.9. The van der Waals surface area contributed by atoms with Crippen LogP contribution in [-0.2, 0) is 21.7 Å². The predicted molar refractivity (Wildman–Crippen MR) is 116 cm³/mol. The molecule has 31 heavy (non-hydrogen) atoms. The second kappa shape index (κ2) is 9.78. The van der Waals surface area contributed by atoms with Crippen LogP contribution in [0, 0.1) is 11.3 Å². The number of nitrogens with zero attached hydrogens (tertiary/aromatic N) is 1. The maximum Gasteiger partial charge on any atom is 0.335 e. The van der Waals surface area contributed by atoms with Crippen molar-refractivity contribution in [3.05, 3.63) is 87.2 Å². The van der Waals surface area contributed by atoms with Crippen molar-refractivity contribution in [3.63, 3.8) is 0 Å². The summed E-state index contributed by atoms with van der Waals surface area (Å²) in [6.45, 7) is 0. The second-order valence-corrected chi connectivity index (χ2v) is 7.60. The van der Waals surface area contributed by atoms with Gasteiger partial charge < -0.3 is 14.8 Å². The summed E-state index contributed by atoms with van der Waals surface area (Å²) < 4.78 is 4.69. The third-order valence-corrected chi connectivity index (χ3v) is 5.56. The third-order valence-electron chi connectivity index (χ3n) is 4.49. The number of pyridine rings is 1. The molecule has 0 aliphatic carbocycles. The average Bonchev–Trinajstić information content (AvgIpc) is 2.77. The van der Waals surface area contributed by atoms with Gasteiger partial charge in [0.15, 0.2) is 0 Å². The van der Waals surface area contributed by atoms with Gasteiger partial charge in [-0.05, 0) is 28.8 Å². The van der Waals surface area contributed by atoms with Gasteiger partial charge in [-0.2, -0.15) is 5.26 Å². The van der Waals surface area contributed by atoms with Gasteiger partial charge in [-0.15, -0.1) is 11.8 Å². The molecule has 0 bridgehead atoms. The van der Waals surface area contributed by atoms with Gasteiger partial charge in [-0.3, -0.25) is 9.59 Å². The van der Waals surface area contributed by atoms with Gasteiger partial charge >= 0.3 is 11.9 Å². The zero-order chi connectivity index (χ0) is 22.4. The van der Waals surface area contributed by atoms with Gasteiger partial charge in [0.1, 0.15) is 6.07 Å². The molecule has 1 aromatic heterocycles. The van der Waals surface area contributed by atoms with Crippen molar-refractivity contribution in [1.29, 1.82) is 5.26 Å². The molecule has 3 aromatic rings. The number of ether oxygens (including phenoxy) is 1. The highest BCUT2D eigenvalue weighted by Crippen LogP contribution is 2.31. The van der Waals surface area contributed by atoms with Crippen molar-refractivity contribution in [2.24, 2.45) is 0 Å². The lowest BCUT2D eigenvalue weighted by atomic mass is 10.0. The number of aromatic amines is 1. The number of methoxy groups -OCH3 is 1. The van der Waals surface area contributed by atoms with Crippen LogP contribution in [0.4, 0.5) is 0 Å². The fourth-order valence-corrected chi connectivity index (χ4v) is 3.99. The van der Waals surface area contributed by atoms with E-state index in [0.717, 1.165) is 11.1 Å². The monoisotopic (exact) mass is 434 g/mol. The van der Waals surface area contributed by atoms with E-state index in [2.05, 4.69) is 15.8 Å². The molecule has 3 rings (SSSR count). The quantitative estimate of drug-likeness (QED) is 0.430. The molecule has 0 saturated carbocycles. The Balaban J connectivity index is 1.91. The fraction of sp³-hybridized carbons (Fsp3) is 0.130. The van der Waals surface area contributed by atoms with E-state index < -0.39 is 11.5 Å². The van der Waals surface area contributed by atoms with E-state index in [1.54, 1.807) is 12.1 Å². The minimum Gasteiger partial charge on any atom is -0.478 e. The standard InChI is InChI=1S/C23H18N2O5S/c1-30-21(27)9-14-4-2-5-15(8-14)13-31-22-19(12-24)18(11-20(26)25-22)16-6-3-7-17(10-16)23(28)29/h2-8,10-11H,9,13H2,1H3,(H,25,26)(H,28,29). The normalized spacial score (nSPS) is 10.3. The molecular formula is C23H18N2O5S. The highest BCUT2D eigenvalue weighted by Gasteiger charge is 2.15. The number of thioether (sulfide) groups is 1. The molecule has 0 unspecified atom stereocenters. The number of nitriles is 1. The summed E-state index contributed by atoms with van der Waals surface area (Å²) >= 11 is 1.28. The van der Waals surface area contributed by atoms with Crippen LogP contribution in [-0.4, -0.2) is 29.1 Å². The van der Waals surface area contributed by atoms with Gasteiger partial charge in [0.2, 0.25) is 5.56 Å². The zero-order valence-corrected chi connectivity index (χ0v) is 17.4. The van der Waals surface area contributed by atoms with Crippen molar-refractivity contribution in [2.75, 3.05) is 7.11 Å². The SMILES string of the molecule is COC(=O)Cc1cccc(CSc2[nH]c(=O)cc(-c3cccc(C(=O)O)c3)c2C#N)c1. The zero-order valence-electron chi connectivity index (χ0n) is 16.5. The van der Waals surface area contributed by atoms with Crippen LogP contribution in [0.1, 0.15) is 27.0 Å². The molecule has 2 aromatic carbocycles. The van der Waals surface area contributed by atoms with Crippen LogP contribution in [0.25, 0.3) is 11.1 Å². The third kappa shape index (κ3) is 5.41. The number of nitrogens with one attached hydrogen (secondary N) is 1. The molecule has 0 fully saturated rings. The summed E-state index contributed by atoms with van der Waals surface area (Å²) in [4.78, 5) is 37.7. The number of carboxylic acid groups (broad SMARTS) is 1. The molecule has 1 heterocycles. The molecule has 8 heteroatoms. The first-order chi connectivity index (χ1) is 14.9. The van der Waals surface area contributed by atoms with E-state index in [0.29, 0.717) is 21.9 Å². The lowest BCUT2D eigenvalue weighted by molar-refractivity contribution is -0.139. The number of hydrogen-bond acceptors (Lipinski definition) is 6. The smallest absolute Gasteiger partial charge is 0.335 e. The number of aromatic nitrogens is 1. The van der Waals surface area contributed by atoms with Gasteiger partial charge in [-0.1, -0.05) is 36.4 Å². The number of aromatic carboxylic acids is 1. The first-order valence-corrected chi connectivity index (χ1v) is 10.2. The molecule has 0 atom stereocenters. The van der Waals surface area contributed by atoms with E-state index in [1.807, 2.05) is 24.3 Å². The molecule has 2 N–H and O–H groups in total. The Kier molecular flexibility index (Phi) is 6.90. The number of carbonyl (C=O) groups excluding carboxylic acids is 1. The van der Waals surface area contributed by atoms with E-state index in [4.69, 9.17) is 0 Å². The van der Waals surface area contributed by atoms with Gasteiger partial charge in [0, 0.05) is 17.4 Å². The van der Waals surface area contributed by atoms with Crippen LogP contribution in [0.3, 0.4) is 0 Å². The molecule has 0 aliphatic rings. The maximum absolute atomic E-state index is 12.2. The lowest BCUT2D eigenvalue weighted by Gasteiger charge is -2.10. The van der Waals surface area contributed by atoms with Crippen LogP contribution in [0.15, 0.2) is 64.4 Å². The van der Waals surface area contributed by atoms with E-state index in [1.165, 1.54) is 37.1 Å². The van der Waals surface area contributed by atoms with Crippen molar-refractivity contribution >= 4 is 23.7 Å². The highest BCUT2D eigenvalue weighted by atomic mass is 32.2. The molecule has 0 saturated heterocycles. The second-order valence-electron chi connectivity index (χ2n) is 6.61. The largest absolute Gasteiger partial charge is 0.478 e. The van der Waals surface area contributed by atoms with Crippen LogP contribution in [0.5, 0.6) is 0 Å². The summed E-state index contributed by atoms with van der Waals surface area (Å²) in [5, 5.41) is 19.4. The van der Waals surface area contributed by atoms with Crippen LogP contribution in [0.2, 0.25) is 0 Å². The molecular weight excluding hydrogens is 416 g/mol. The van der Waals surface area contributed by atoms with Crippen molar-refractivity contribution in [2.45, 2.75) is 17.2 Å². The Labute approximate surface area is 182 Å². The van der Waals surface area contributed by atoms with Crippen molar-refractivity contribution in [1.82, 2.24) is 4.98 Å². The van der Waals surface area contributed by atoms with E-state index >= 15 is 0 Å². The minimum atomic E-state index is -1.09. The Bertz CT molecular complexity index is 1240. The number of rotatable bonds is 7. The number of hydrogen-bond donors (Lipinski definition) is 2. The Morgan fingerprint density at radius 1 is 1.13 bits per heavy atom. The Morgan fingerprint density at radius 2 is 1.87 bits per heavy atom. The number of carbonyl (C=O) groups is 2. The first kappa shape index (κ1) is 21.9. The number of H-pyrrole nitrogens is 1. The molecule has 0 spiro atoms. The Hall–Kier alpha value is -3.83. The summed E-state index contributed by atoms with van der Waals surface area (Å²) in [6.07, 6.45) is 0.157. The first-order valence-electron chi connectivity index (χ1n) is 9.20. The number of benzene rings is 2. The average molecular weight is 434 g/mol. The molecule has 0 amide bonds. The number of esters is 1. The molecule has 0 radical (unpaired) electrons. The minimum absolute atomic E-state index is 0.0679. The van der Waals surface area contributed by atoms with Crippen LogP contribution < -0.4 is 5.56 Å². The molecule has 7 nitrogen and oxygen atoms in total. The van der Waals surface area contributed by atoms with Gasteiger partial charge in [0.05, 0.1) is 29.7 Å². The van der Waals surface area contributed by atoms with Gasteiger partial charge in [0.25, 0.3) is 0 Å². The van der Waals surface area contributed by atoms with Crippen LogP contribution >= 0.6 is 11.8 Å². The maximum atomic E-state index is 12.2. The summed E-state index contributed by atoms with van der Waals surface area (Å²) in [5.74, 6) is -0.970. The fourth-order valence-electron chi connectivity index (χ4n) is 3.03.